The summed E-state index contributed by atoms with van der Waals surface area (Å²) in [7, 11) is -2.56. The van der Waals surface area contributed by atoms with E-state index in [0.717, 1.165) is 46.2 Å². The molecule has 2 aliphatic carbocycles. The van der Waals surface area contributed by atoms with Crippen LogP contribution in [0.15, 0.2) is 77.8 Å². The highest BCUT2D eigenvalue weighted by Crippen LogP contribution is 2.61. The van der Waals surface area contributed by atoms with Crippen LogP contribution in [-0.4, -0.2) is 119 Å². The number of thiazole rings is 2. The van der Waals surface area contributed by atoms with Gasteiger partial charge in [0.25, 0.3) is 10.1 Å². The van der Waals surface area contributed by atoms with Crippen molar-refractivity contribution in [3.63, 3.8) is 0 Å². The van der Waals surface area contributed by atoms with Crippen molar-refractivity contribution < 1.29 is 41.6 Å². The smallest absolute Gasteiger partial charge is 0.407 e. The molecule has 4 N–H and O–H groups in total. The number of nitrogens with one attached hydrogen (secondary N) is 3. The number of ether oxygens (including phenoxy) is 2. The summed E-state index contributed by atoms with van der Waals surface area (Å²) in [6.07, 6.45) is 5.29. The molecule has 1 saturated heterocycles. The number of nitrogens with zero attached hydrogens (tertiary/aromatic N) is 4. The molecule has 2 aromatic heterocycles. The Kier molecular flexibility index (Phi) is 18.7. The van der Waals surface area contributed by atoms with E-state index in [1.165, 1.54) is 11.3 Å². The first kappa shape index (κ1) is 52.6. The number of urea groups is 1. The summed E-state index contributed by atoms with van der Waals surface area (Å²) in [5, 5.41) is 12.4. The molecule has 4 aromatic rings. The molecule has 3 fully saturated rings. The molecule has 5 atom stereocenters. The Hall–Kier alpha value is -4.79. The lowest BCUT2D eigenvalue weighted by Crippen LogP contribution is -2.54. The van der Waals surface area contributed by atoms with E-state index in [4.69, 9.17) is 9.47 Å². The summed E-state index contributed by atoms with van der Waals surface area (Å²) >= 11 is 3.02. The molecule has 0 radical (unpaired) electrons. The molecule has 2 aromatic carbocycles. The molecule has 4 amide bonds. The van der Waals surface area contributed by atoms with Crippen LogP contribution in [0, 0.1) is 11.3 Å². The fraction of sp³-hybridized carbons (Fsp3) is 0.551. The SMILES string of the molecule is CC(C)c1nc(CN(C)C(=O)NC(CCN2CCOCC2)C(=O)NC(CCC(Cc2ccccc2)NC(=O)OCc2cncs2)Cc2ccccc2)cs1.CC1(C)[C@@H]2CC[C@@]1(S(=O)(=O)O)C(=O)C2. The van der Waals surface area contributed by atoms with Crippen molar-refractivity contribution in [3.05, 3.63) is 104 Å². The van der Waals surface area contributed by atoms with Crippen LogP contribution < -0.4 is 16.0 Å². The van der Waals surface area contributed by atoms with Gasteiger partial charge in [0, 0.05) is 62.7 Å². The quantitative estimate of drug-likeness (QED) is 0.0659. The van der Waals surface area contributed by atoms with E-state index in [-0.39, 0.29) is 48.8 Å². The van der Waals surface area contributed by atoms with Gasteiger partial charge in [0.15, 0.2) is 10.5 Å². The van der Waals surface area contributed by atoms with Gasteiger partial charge in [-0.1, -0.05) is 88.4 Å². The van der Waals surface area contributed by atoms with Crippen molar-refractivity contribution in [2.24, 2.45) is 11.3 Å². The maximum atomic E-state index is 14.2. The number of rotatable bonds is 20. The molecule has 370 valence electrons. The summed E-state index contributed by atoms with van der Waals surface area (Å²) in [5.74, 6) is -0.122. The number of benzene rings is 2. The van der Waals surface area contributed by atoms with Crippen LogP contribution in [0.4, 0.5) is 9.59 Å². The molecule has 3 unspecified atom stereocenters. The van der Waals surface area contributed by atoms with E-state index < -0.39 is 32.4 Å². The van der Waals surface area contributed by atoms with E-state index in [9.17, 15) is 32.1 Å². The number of aromatic nitrogens is 2. The Bertz CT molecular complexity index is 2360. The first-order valence-electron chi connectivity index (χ1n) is 23.4. The number of morpholine rings is 1. The second-order valence-corrected chi connectivity index (χ2v) is 22.4. The molecule has 2 bridgehead atoms. The molecule has 16 nitrogen and oxygen atoms in total. The molecule has 7 rings (SSSR count). The summed E-state index contributed by atoms with van der Waals surface area (Å²) in [5.41, 5.74) is 4.08. The molecule has 3 heterocycles. The first-order chi connectivity index (χ1) is 32.4. The monoisotopic (exact) mass is 993 g/mol. The van der Waals surface area contributed by atoms with Crippen LogP contribution in [0.1, 0.15) is 98.8 Å². The van der Waals surface area contributed by atoms with Crippen LogP contribution in [0.25, 0.3) is 0 Å². The highest BCUT2D eigenvalue weighted by molar-refractivity contribution is 7.88. The maximum Gasteiger partial charge on any atom is 0.407 e. The van der Waals surface area contributed by atoms with Gasteiger partial charge in [0.05, 0.1) is 40.8 Å². The molecule has 1 aliphatic heterocycles. The third-order valence-corrected chi connectivity index (χ3v) is 17.3. The average molecular weight is 994 g/mol. The highest BCUT2D eigenvalue weighted by atomic mass is 32.2. The minimum Gasteiger partial charge on any atom is -0.444 e. The van der Waals surface area contributed by atoms with Gasteiger partial charge in [-0.15, -0.1) is 22.7 Å². The van der Waals surface area contributed by atoms with E-state index in [0.29, 0.717) is 70.7 Å². The van der Waals surface area contributed by atoms with Gasteiger partial charge in [-0.2, -0.15) is 8.42 Å². The van der Waals surface area contributed by atoms with Crippen LogP contribution in [0.3, 0.4) is 0 Å². The van der Waals surface area contributed by atoms with E-state index in [1.54, 1.807) is 48.8 Å². The molecule has 68 heavy (non-hydrogen) atoms. The zero-order chi connectivity index (χ0) is 48.9. The highest BCUT2D eigenvalue weighted by Gasteiger charge is 2.70. The van der Waals surface area contributed by atoms with Crippen molar-refractivity contribution in [3.8, 4) is 0 Å². The largest absolute Gasteiger partial charge is 0.444 e. The summed E-state index contributed by atoms with van der Waals surface area (Å²) < 4.78 is 41.5. The third kappa shape index (κ3) is 13.9. The van der Waals surface area contributed by atoms with Gasteiger partial charge >= 0.3 is 12.1 Å². The zero-order valence-electron chi connectivity index (χ0n) is 39.7. The zero-order valence-corrected chi connectivity index (χ0v) is 42.2. The first-order valence-corrected chi connectivity index (χ1v) is 26.6. The van der Waals surface area contributed by atoms with Crippen LogP contribution >= 0.6 is 22.7 Å². The van der Waals surface area contributed by atoms with E-state index in [2.05, 4.69) is 44.7 Å². The van der Waals surface area contributed by atoms with Crippen LogP contribution in [-0.2, 0) is 55.2 Å². The maximum absolute atomic E-state index is 14.2. The third-order valence-electron chi connectivity index (χ3n) is 13.5. The second kappa shape index (κ2) is 24.2. The van der Waals surface area contributed by atoms with Gasteiger partial charge in [-0.25, -0.2) is 14.6 Å². The number of hydrogen-bond donors (Lipinski definition) is 4. The lowest BCUT2D eigenvalue weighted by atomic mass is 9.81. The topological polar surface area (TPSA) is 209 Å². The predicted octanol–water partition coefficient (Wildman–Crippen LogP) is 7.02. The lowest BCUT2D eigenvalue weighted by molar-refractivity contribution is -0.124. The van der Waals surface area contributed by atoms with Crippen molar-refractivity contribution in [1.29, 1.82) is 0 Å². The number of carbonyl (C=O) groups is 4. The van der Waals surface area contributed by atoms with Gasteiger partial charge in [0.1, 0.15) is 12.6 Å². The van der Waals surface area contributed by atoms with Crippen molar-refractivity contribution >= 4 is 56.6 Å². The number of fused-ring (bicyclic) bond motifs is 2. The van der Waals surface area contributed by atoms with Gasteiger partial charge in [-0.3, -0.25) is 24.0 Å². The fourth-order valence-electron chi connectivity index (χ4n) is 9.49. The Morgan fingerprint density at radius 3 is 2.09 bits per heavy atom. The number of ketones is 1. The number of alkyl carbamates (subject to hydrolysis) is 1. The molecular weight excluding hydrogens is 927 g/mol. The normalized spacial score (nSPS) is 20.2. The molecule has 2 saturated carbocycles. The van der Waals surface area contributed by atoms with E-state index in [1.807, 2.05) is 66.0 Å². The van der Waals surface area contributed by atoms with Gasteiger partial charge in [0.2, 0.25) is 5.91 Å². The minimum atomic E-state index is -4.28. The minimum absolute atomic E-state index is 0.108. The number of carbonyl (C=O) groups excluding carboxylic acids is 4. The molecular formula is C49H67N7O9S3. The molecule has 19 heteroatoms. The standard InChI is InChI=1S/C40H53N7O5S2.C9H14O4S/c1-29(2)38-43-34(27-53-38)25-46(3)39(49)45-36(16-17-47-18-20-51-21-19-47)37(48)42-32(22-30-10-6-4-7-11-30)14-15-33(23-31-12-8-5-9-13-31)44-40(50)52-26-35-24-41-28-54-35;1-8(2)6-3-4-9(8,7(10)5-6)14(11,12)13/h4-13,24,27-29,32-33,36H,14-23,25-26H2,1-3H3,(H,42,48)(H,44,50)(H,45,49);6H,3-5H2,1-2H3,(H,11,12,13)/t;6-,9-/m.1/s1. The molecule has 3 aliphatic rings. The van der Waals surface area contributed by atoms with Crippen molar-refractivity contribution in [1.82, 2.24) is 35.7 Å². The van der Waals surface area contributed by atoms with Gasteiger partial charge in [-0.05, 0) is 67.4 Å². The van der Waals surface area contributed by atoms with E-state index >= 15 is 0 Å². The van der Waals surface area contributed by atoms with Crippen molar-refractivity contribution in [2.45, 2.75) is 121 Å². The predicted molar refractivity (Wildman–Crippen MR) is 263 cm³/mol. The van der Waals surface area contributed by atoms with Crippen LogP contribution in [0.2, 0.25) is 0 Å². The summed E-state index contributed by atoms with van der Waals surface area (Å²) in [6, 6.07) is 18.4. The Morgan fingerprint density at radius 1 is 0.941 bits per heavy atom. The van der Waals surface area contributed by atoms with Crippen LogP contribution in [0.5, 0.6) is 0 Å². The molecule has 0 spiro atoms. The van der Waals surface area contributed by atoms with Crippen molar-refractivity contribution in [2.75, 3.05) is 39.9 Å². The summed E-state index contributed by atoms with van der Waals surface area (Å²) in [6.45, 7) is 11.7. The lowest BCUT2D eigenvalue weighted by Gasteiger charge is -2.32. The Morgan fingerprint density at radius 2 is 1.57 bits per heavy atom. The second-order valence-electron chi connectivity index (χ2n) is 18.9. The Balaban J connectivity index is 0.000000461. The van der Waals surface area contributed by atoms with Gasteiger partial charge < -0.3 is 30.3 Å². The Labute approximate surface area is 408 Å². The fourth-order valence-corrected chi connectivity index (χ4v) is 12.4. The summed E-state index contributed by atoms with van der Waals surface area (Å²) in [4.78, 5) is 65.9. The number of hydrogen-bond acceptors (Lipinski definition) is 13. The number of Topliss-reactive ketones (excluding diaryl/α,β-unsaturated/α-hetero) is 1. The average Bonchev–Trinajstić information content (AvgIpc) is 4.11. The number of amides is 4.